The Morgan fingerprint density at radius 2 is 2.04 bits per heavy atom. The zero-order chi connectivity index (χ0) is 18.1. The van der Waals surface area contributed by atoms with Gasteiger partial charge in [0.15, 0.2) is 0 Å². The van der Waals surface area contributed by atoms with Crippen molar-refractivity contribution in [2.24, 2.45) is 11.8 Å². The molecule has 138 valence electrons. The van der Waals surface area contributed by atoms with Crippen LogP contribution in [0.15, 0.2) is 48.6 Å². The van der Waals surface area contributed by atoms with Gasteiger partial charge in [-0.3, -0.25) is 5.32 Å². The summed E-state index contributed by atoms with van der Waals surface area (Å²) in [6.07, 6.45) is 12.6. The summed E-state index contributed by atoms with van der Waals surface area (Å²) in [5.74, 6) is 1.44. The molecule has 2 fully saturated rings. The Balaban J connectivity index is 1.42. The minimum absolute atomic E-state index is 0.0471. The van der Waals surface area contributed by atoms with Crippen molar-refractivity contribution >= 4 is 11.8 Å². The summed E-state index contributed by atoms with van der Waals surface area (Å²) in [5, 5.41) is 3.01. The zero-order valence-corrected chi connectivity index (χ0v) is 15.6. The van der Waals surface area contributed by atoms with E-state index < -0.39 is 0 Å². The number of fused-ring (bicyclic) bond motifs is 2. The topological polar surface area (TPSA) is 41.6 Å². The third kappa shape index (κ3) is 3.30. The number of hydrogen-bond donors (Lipinski definition) is 1. The molecule has 3 aliphatic rings. The van der Waals surface area contributed by atoms with Crippen molar-refractivity contribution in [1.82, 2.24) is 4.90 Å². The highest BCUT2D eigenvalue weighted by Gasteiger charge is 2.50. The van der Waals surface area contributed by atoms with E-state index >= 15 is 0 Å². The van der Waals surface area contributed by atoms with Crippen molar-refractivity contribution in [3.8, 4) is 0 Å². The number of nitrogens with one attached hydrogen (secondary N) is 1. The number of para-hydroxylation sites is 1. The van der Waals surface area contributed by atoms with E-state index in [9.17, 15) is 4.79 Å². The van der Waals surface area contributed by atoms with Crippen LogP contribution in [0.1, 0.15) is 37.2 Å². The second kappa shape index (κ2) is 7.28. The van der Waals surface area contributed by atoms with Gasteiger partial charge in [0.25, 0.3) is 0 Å². The van der Waals surface area contributed by atoms with Crippen molar-refractivity contribution in [3.63, 3.8) is 0 Å². The average molecular weight is 352 g/mol. The lowest BCUT2D eigenvalue weighted by atomic mass is 9.91. The second-order valence-electron chi connectivity index (χ2n) is 8.00. The van der Waals surface area contributed by atoms with Crippen LogP contribution < -0.4 is 5.32 Å². The van der Waals surface area contributed by atoms with Gasteiger partial charge in [-0.15, -0.1) is 0 Å². The van der Waals surface area contributed by atoms with Gasteiger partial charge in [0, 0.05) is 23.6 Å². The Morgan fingerprint density at radius 3 is 2.77 bits per heavy atom. The van der Waals surface area contributed by atoms with Crippen LogP contribution in [0.4, 0.5) is 10.5 Å². The number of nitrogens with zero attached hydrogens (tertiary/aromatic N) is 1. The van der Waals surface area contributed by atoms with Crippen LogP contribution in [-0.2, 0) is 4.74 Å². The van der Waals surface area contributed by atoms with E-state index in [1.807, 2.05) is 18.2 Å². The molecule has 0 heterocycles. The van der Waals surface area contributed by atoms with E-state index in [0.717, 1.165) is 24.1 Å². The summed E-state index contributed by atoms with van der Waals surface area (Å²) < 4.78 is 5.86. The molecule has 5 unspecified atom stereocenters. The number of benzene rings is 1. The molecule has 0 aromatic heterocycles. The molecular weight excluding hydrogens is 324 g/mol. The highest BCUT2D eigenvalue weighted by Crippen LogP contribution is 2.48. The summed E-state index contributed by atoms with van der Waals surface area (Å²) in [4.78, 5) is 14.9. The van der Waals surface area contributed by atoms with Crippen LogP contribution in [0.2, 0.25) is 0 Å². The quantitative estimate of drug-likeness (QED) is 0.863. The van der Waals surface area contributed by atoms with E-state index in [4.69, 9.17) is 4.74 Å². The van der Waals surface area contributed by atoms with Gasteiger partial charge in [-0.2, -0.15) is 0 Å². The van der Waals surface area contributed by atoms with Crippen LogP contribution in [0, 0.1) is 11.8 Å². The number of anilines is 1. The zero-order valence-electron chi connectivity index (χ0n) is 15.6. The van der Waals surface area contributed by atoms with E-state index in [0.29, 0.717) is 23.8 Å². The first-order valence-electron chi connectivity index (χ1n) is 9.70. The maximum absolute atomic E-state index is 12.6. The fourth-order valence-electron chi connectivity index (χ4n) is 5.20. The summed E-state index contributed by atoms with van der Waals surface area (Å²) in [6, 6.07) is 8.59. The van der Waals surface area contributed by atoms with Gasteiger partial charge in [-0.05, 0) is 57.3 Å². The molecule has 4 rings (SSSR count). The highest BCUT2D eigenvalue weighted by atomic mass is 16.6. The molecule has 1 amide bonds. The largest absolute Gasteiger partial charge is 0.446 e. The number of carbonyl (C=O) groups excluding carboxylic acids is 1. The molecule has 0 saturated heterocycles. The van der Waals surface area contributed by atoms with Crippen molar-refractivity contribution < 1.29 is 9.53 Å². The first kappa shape index (κ1) is 17.3. The van der Waals surface area contributed by atoms with Gasteiger partial charge in [0.05, 0.1) is 0 Å². The molecule has 4 nitrogen and oxygen atoms in total. The van der Waals surface area contributed by atoms with Crippen LogP contribution in [0.25, 0.3) is 0 Å². The second-order valence-corrected chi connectivity index (χ2v) is 8.00. The van der Waals surface area contributed by atoms with Crippen LogP contribution in [0.3, 0.4) is 0 Å². The van der Waals surface area contributed by atoms with Crippen LogP contribution in [-0.4, -0.2) is 37.2 Å². The molecule has 1 N–H and O–H groups in total. The number of rotatable bonds is 4. The van der Waals surface area contributed by atoms with Crippen molar-refractivity contribution in [2.45, 2.75) is 43.7 Å². The summed E-state index contributed by atoms with van der Waals surface area (Å²) >= 11 is 0. The van der Waals surface area contributed by atoms with Crippen molar-refractivity contribution in [1.29, 1.82) is 0 Å². The van der Waals surface area contributed by atoms with E-state index in [1.54, 1.807) is 0 Å². The fraction of sp³-hybridized carbons (Fsp3) is 0.500. The number of allylic oxidation sites excluding steroid dienone is 4. The Kier molecular flexibility index (Phi) is 4.86. The number of hydrogen-bond acceptors (Lipinski definition) is 3. The lowest BCUT2D eigenvalue weighted by Gasteiger charge is -2.26. The Bertz CT molecular complexity index is 725. The monoisotopic (exact) mass is 352 g/mol. The number of amides is 1. The van der Waals surface area contributed by atoms with E-state index in [-0.39, 0.29) is 12.2 Å². The third-order valence-corrected chi connectivity index (χ3v) is 6.24. The average Bonchev–Trinajstić information content (AvgIpc) is 3.21. The molecule has 0 spiro atoms. The number of carbonyl (C=O) groups is 1. The smallest absolute Gasteiger partial charge is 0.411 e. The Labute approximate surface area is 155 Å². The summed E-state index contributed by atoms with van der Waals surface area (Å²) in [5.41, 5.74) is 2.00. The van der Waals surface area contributed by atoms with Gasteiger partial charge < -0.3 is 9.64 Å². The molecule has 2 bridgehead atoms. The predicted molar refractivity (Wildman–Crippen MR) is 104 cm³/mol. The molecule has 4 heteroatoms. The number of ether oxygens (including phenoxy) is 1. The minimum atomic E-state index is -0.317. The predicted octanol–water partition coefficient (Wildman–Crippen LogP) is 4.56. The first-order valence-corrected chi connectivity index (χ1v) is 9.70. The van der Waals surface area contributed by atoms with Crippen molar-refractivity contribution in [3.05, 3.63) is 54.1 Å². The molecule has 2 saturated carbocycles. The fourth-order valence-corrected chi connectivity index (χ4v) is 5.20. The Hall–Kier alpha value is -2.07. The van der Waals surface area contributed by atoms with Gasteiger partial charge in [0.1, 0.15) is 6.10 Å². The van der Waals surface area contributed by atoms with Gasteiger partial charge in [-0.1, -0.05) is 42.5 Å². The first-order chi connectivity index (χ1) is 12.6. The normalized spacial score (nSPS) is 32.2. The molecule has 0 aliphatic heterocycles. The van der Waals surface area contributed by atoms with Crippen LogP contribution in [0.5, 0.6) is 0 Å². The maximum Gasteiger partial charge on any atom is 0.411 e. The SMILES string of the molecule is CN(C)C1C2CCC1C(OC(=O)Nc1ccccc1C1C=CC=CC1)C2. The van der Waals surface area contributed by atoms with Crippen molar-refractivity contribution in [2.75, 3.05) is 19.4 Å². The minimum Gasteiger partial charge on any atom is -0.446 e. The lowest BCUT2D eigenvalue weighted by molar-refractivity contribution is 0.0681. The molecule has 1 aromatic rings. The third-order valence-electron chi connectivity index (χ3n) is 6.24. The standard InChI is InChI=1S/C22H28N2O2/c1-24(2)21-16-12-13-18(21)20(14-16)26-22(25)23-19-11-7-6-10-17(19)15-8-4-3-5-9-15/h3-8,10-11,15-16,18,20-21H,9,12-14H2,1-2H3,(H,23,25). The van der Waals surface area contributed by atoms with Gasteiger partial charge >= 0.3 is 6.09 Å². The molecule has 5 atom stereocenters. The lowest BCUT2D eigenvalue weighted by Crippen LogP contribution is -2.35. The van der Waals surface area contributed by atoms with Gasteiger partial charge in [-0.25, -0.2) is 4.79 Å². The molecular formula is C22H28N2O2. The highest BCUT2D eigenvalue weighted by molar-refractivity contribution is 5.86. The maximum atomic E-state index is 12.6. The molecule has 26 heavy (non-hydrogen) atoms. The summed E-state index contributed by atoms with van der Waals surface area (Å²) in [7, 11) is 4.28. The van der Waals surface area contributed by atoms with Gasteiger partial charge in [0.2, 0.25) is 0 Å². The molecule has 0 radical (unpaired) electrons. The van der Waals surface area contributed by atoms with E-state index in [1.165, 1.54) is 12.8 Å². The van der Waals surface area contributed by atoms with E-state index in [2.05, 4.69) is 54.7 Å². The Morgan fingerprint density at radius 1 is 1.19 bits per heavy atom. The van der Waals surface area contributed by atoms with Crippen LogP contribution >= 0.6 is 0 Å². The summed E-state index contributed by atoms with van der Waals surface area (Å²) in [6.45, 7) is 0. The molecule has 3 aliphatic carbocycles. The molecule has 1 aromatic carbocycles.